The molecule has 0 bridgehead atoms. The number of furan rings is 1. The Morgan fingerprint density at radius 1 is 1.28 bits per heavy atom. The fourth-order valence-corrected chi connectivity index (χ4v) is 3.99. The van der Waals surface area contributed by atoms with Crippen molar-refractivity contribution >= 4 is 23.6 Å². The van der Waals surface area contributed by atoms with Crippen LogP contribution in [0.3, 0.4) is 0 Å². The molecule has 0 aliphatic heterocycles. The van der Waals surface area contributed by atoms with Gasteiger partial charge in [-0.15, -0.1) is 10.2 Å². The summed E-state index contributed by atoms with van der Waals surface area (Å²) in [6.45, 7) is 0.465. The van der Waals surface area contributed by atoms with Gasteiger partial charge >= 0.3 is 0 Å². The second kappa shape index (κ2) is 9.90. The van der Waals surface area contributed by atoms with Crippen molar-refractivity contribution in [1.29, 1.82) is 0 Å². The molecule has 32 heavy (non-hydrogen) atoms. The molecule has 1 N–H and O–H groups in total. The highest BCUT2D eigenvalue weighted by atomic mass is 32.2. The van der Waals surface area contributed by atoms with Gasteiger partial charge in [-0.1, -0.05) is 23.9 Å². The van der Waals surface area contributed by atoms with Gasteiger partial charge in [0, 0.05) is 18.7 Å². The summed E-state index contributed by atoms with van der Waals surface area (Å²) in [5.74, 6) is 1.96. The van der Waals surface area contributed by atoms with Gasteiger partial charge in [-0.25, -0.2) is 0 Å². The predicted molar refractivity (Wildman–Crippen MR) is 119 cm³/mol. The summed E-state index contributed by atoms with van der Waals surface area (Å²) in [5, 5.41) is 12.1. The molecular weight excluding hydrogens is 430 g/mol. The van der Waals surface area contributed by atoms with E-state index in [1.807, 2.05) is 41.0 Å². The normalized spacial score (nSPS) is 13.1. The van der Waals surface area contributed by atoms with Gasteiger partial charge in [0.1, 0.15) is 11.5 Å². The first-order valence-electron chi connectivity index (χ1n) is 10.3. The molecule has 2 aromatic heterocycles. The van der Waals surface area contributed by atoms with Gasteiger partial charge in [0.05, 0.1) is 32.2 Å². The van der Waals surface area contributed by atoms with Crippen LogP contribution in [0.5, 0.6) is 5.75 Å². The molecule has 10 heteroatoms. The molecule has 1 saturated carbocycles. The third kappa shape index (κ3) is 5.50. The van der Waals surface area contributed by atoms with Crippen molar-refractivity contribution in [3.8, 4) is 17.1 Å². The minimum absolute atomic E-state index is 0.0457. The van der Waals surface area contributed by atoms with Crippen LogP contribution in [0.1, 0.15) is 18.6 Å². The number of nitrogens with one attached hydrogen (secondary N) is 1. The Morgan fingerprint density at radius 3 is 2.84 bits per heavy atom. The Kier molecular flexibility index (Phi) is 6.79. The number of aromatic nitrogens is 3. The number of ether oxygens (including phenoxy) is 1. The van der Waals surface area contributed by atoms with E-state index in [0.717, 1.165) is 24.2 Å². The Morgan fingerprint density at radius 2 is 2.12 bits per heavy atom. The summed E-state index contributed by atoms with van der Waals surface area (Å²) in [6, 6.07) is 11.5. The average molecular weight is 456 g/mol. The standard InChI is InChI=1S/C22H25N5O4S/c1-26(13-19(28)23-16-8-9-16)20(29)14-32-22-25-24-21(15-5-3-6-17(11-15)30-2)27(22)12-18-7-4-10-31-18/h3-7,10-11,16H,8-9,12-14H2,1-2H3,(H,23,28). The number of hydrogen-bond donors (Lipinski definition) is 1. The van der Waals surface area contributed by atoms with E-state index in [-0.39, 0.29) is 30.2 Å². The molecule has 1 aliphatic rings. The monoisotopic (exact) mass is 455 g/mol. The van der Waals surface area contributed by atoms with E-state index in [2.05, 4.69) is 15.5 Å². The molecule has 3 aromatic rings. The molecule has 0 spiro atoms. The second-order valence-corrected chi connectivity index (χ2v) is 8.53. The zero-order valence-electron chi connectivity index (χ0n) is 18.0. The summed E-state index contributed by atoms with van der Waals surface area (Å²) >= 11 is 1.28. The number of thioether (sulfide) groups is 1. The summed E-state index contributed by atoms with van der Waals surface area (Å²) in [7, 11) is 3.24. The molecule has 0 unspecified atom stereocenters. The first kappa shape index (κ1) is 21.9. The van der Waals surface area contributed by atoms with Crippen LogP contribution in [-0.2, 0) is 16.1 Å². The molecule has 1 aromatic carbocycles. The molecule has 4 rings (SSSR count). The quantitative estimate of drug-likeness (QED) is 0.469. The van der Waals surface area contributed by atoms with Crippen molar-refractivity contribution in [2.45, 2.75) is 30.6 Å². The summed E-state index contributed by atoms with van der Waals surface area (Å²) < 4.78 is 12.7. The molecule has 2 amide bonds. The topological polar surface area (TPSA) is 102 Å². The molecule has 9 nitrogen and oxygen atoms in total. The number of hydrogen-bond acceptors (Lipinski definition) is 7. The van der Waals surface area contributed by atoms with Crippen molar-refractivity contribution in [2.24, 2.45) is 0 Å². The van der Waals surface area contributed by atoms with Crippen LogP contribution in [0.25, 0.3) is 11.4 Å². The van der Waals surface area contributed by atoms with Crippen LogP contribution in [0, 0.1) is 0 Å². The van der Waals surface area contributed by atoms with Gasteiger partial charge in [0.25, 0.3) is 0 Å². The Bertz CT molecular complexity index is 1080. The Hall–Kier alpha value is -3.27. The van der Waals surface area contributed by atoms with E-state index in [9.17, 15) is 9.59 Å². The number of rotatable bonds is 10. The van der Waals surface area contributed by atoms with Crippen molar-refractivity contribution in [3.63, 3.8) is 0 Å². The van der Waals surface area contributed by atoms with E-state index >= 15 is 0 Å². The summed E-state index contributed by atoms with van der Waals surface area (Å²) in [4.78, 5) is 26.0. The molecule has 2 heterocycles. The van der Waals surface area contributed by atoms with Crippen LogP contribution >= 0.6 is 11.8 Å². The molecule has 0 radical (unpaired) electrons. The van der Waals surface area contributed by atoms with Crippen LogP contribution in [0.15, 0.2) is 52.2 Å². The second-order valence-electron chi connectivity index (χ2n) is 7.58. The first-order valence-corrected chi connectivity index (χ1v) is 11.3. The number of methoxy groups -OCH3 is 1. The van der Waals surface area contributed by atoms with Gasteiger partial charge in [0.15, 0.2) is 11.0 Å². The number of amides is 2. The smallest absolute Gasteiger partial charge is 0.239 e. The number of carbonyl (C=O) groups is 2. The zero-order valence-corrected chi connectivity index (χ0v) is 18.8. The molecular formula is C22H25N5O4S. The Labute approximate surface area is 190 Å². The third-order valence-corrected chi connectivity index (χ3v) is 5.96. The predicted octanol–water partition coefficient (Wildman–Crippen LogP) is 2.42. The fraction of sp³-hybridized carbons (Fsp3) is 0.364. The van der Waals surface area contributed by atoms with E-state index in [0.29, 0.717) is 23.3 Å². The van der Waals surface area contributed by atoms with Crippen LogP contribution < -0.4 is 10.1 Å². The van der Waals surface area contributed by atoms with Crippen LogP contribution in [-0.4, -0.2) is 64.0 Å². The van der Waals surface area contributed by atoms with E-state index in [1.54, 1.807) is 20.4 Å². The van der Waals surface area contributed by atoms with Crippen LogP contribution in [0.4, 0.5) is 0 Å². The number of likely N-dealkylation sites (N-methyl/N-ethyl adjacent to an activating group) is 1. The number of carbonyl (C=O) groups excluding carboxylic acids is 2. The minimum Gasteiger partial charge on any atom is -0.497 e. The maximum atomic E-state index is 12.6. The number of benzene rings is 1. The van der Waals surface area contributed by atoms with Gasteiger partial charge in [-0.3, -0.25) is 14.2 Å². The highest BCUT2D eigenvalue weighted by Crippen LogP contribution is 2.27. The number of nitrogens with zero attached hydrogens (tertiary/aromatic N) is 4. The maximum Gasteiger partial charge on any atom is 0.239 e. The Balaban J connectivity index is 1.48. The lowest BCUT2D eigenvalue weighted by atomic mass is 10.2. The maximum absolute atomic E-state index is 12.6. The van der Waals surface area contributed by atoms with Crippen molar-refractivity contribution in [3.05, 3.63) is 48.4 Å². The molecule has 0 atom stereocenters. The largest absolute Gasteiger partial charge is 0.497 e. The van der Waals surface area contributed by atoms with Crippen LogP contribution in [0.2, 0.25) is 0 Å². The SMILES string of the molecule is COc1cccc(-c2nnc(SCC(=O)N(C)CC(=O)NC3CC3)n2Cc2ccco2)c1. The van der Waals surface area contributed by atoms with Crippen molar-refractivity contribution in [2.75, 3.05) is 26.5 Å². The van der Waals surface area contributed by atoms with Crippen molar-refractivity contribution < 1.29 is 18.7 Å². The summed E-state index contributed by atoms with van der Waals surface area (Å²) in [5.41, 5.74) is 0.843. The molecule has 168 valence electrons. The average Bonchev–Trinajstić information content (AvgIpc) is 3.29. The van der Waals surface area contributed by atoms with E-state index < -0.39 is 0 Å². The lowest BCUT2D eigenvalue weighted by Crippen LogP contribution is -2.39. The molecule has 1 aliphatic carbocycles. The highest BCUT2D eigenvalue weighted by molar-refractivity contribution is 7.99. The molecule has 1 fully saturated rings. The zero-order chi connectivity index (χ0) is 22.5. The fourth-order valence-electron chi connectivity index (χ4n) is 3.11. The van der Waals surface area contributed by atoms with Gasteiger partial charge in [-0.2, -0.15) is 0 Å². The van der Waals surface area contributed by atoms with Gasteiger partial charge in [-0.05, 0) is 37.1 Å². The van der Waals surface area contributed by atoms with E-state index in [4.69, 9.17) is 9.15 Å². The van der Waals surface area contributed by atoms with Crippen molar-refractivity contribution in [1.82, 2.24) is 25.0 Å². The summed E-state index contributed by atoms with van der Waals surface area (Å²) in [6.07, 6.45) is 3.64. The first-order chi connectivity index (χ1) is 15.5. The van der Waals surface area contributed by atoms with Gasteiger partial charge in [0.2, 0.25) is 11.8 Å². The minimum atomic E-state index is -0.156. The highest BCUT2D eigenvalue weighted by Gasteiger charge is 2.24. The van der Waals surface area contributed by atoms with E-state index in [1.165, 1.54) is 16.7 Å². The molecule has 0 saturated heterocycles. The lowest BCUT2D eigenvalue weighted by Gasteiger charge is -2.16. The lowest BCUT2D eigenvalue weighted by molar-refractivity contribution is -0.132. The third-order valence-electron chi connectivity index (χ3n) is 5.01. The van der Waals surface area contributed by atoms with Gasteiger partial charge < -0.3 is 19.4 Å².